The molecule has 4 nitrogen and oxygen atoms in total. The second kappa shape index (κ2) is 4.95. The first-order valence-electron chi connectivity index (χ1n) is 6.30. The van der Waals surface area contributed by atoms with Crippen LogP contribution >= 0.6 is 22.6 Å². The molecule has 0 aliphatic heterocycles. The highest BCUT2D eigenvalue weighted by molar-refractivity contribution is 14.1. The molecular formula is C13H15IN4. The standard InChI is InChI=1S/C13H15IN4/c1-9-6-7-11(8-12(9)14)18-13(15-16-17-18)10-4-2-3-5-10/h6-8,10H,2-5H2,1H3. The lowest BCUT2D eigenvalue weighted by Gasteiger charge is -2.10. The smallest absolute Gasteiger partial charge is 0.159 e. The second-order valence-electron chi connectivity index (χ2n) is 4.86. The van der Waals surface area contributed by atoms with E-state index >= 15 is 0 Å². The van der Waals surface area contributed by atoms with Gasteiger partial charge in [-0.15, -0.1) is 5.10 Å². The maximum absolute atomic E-state index is 4.23. The van der Waals surface area contributed by atoms with Crippen LogP contribution in [0.4, 0.5) is 0 Å². The largest absolute Gasteiger partial charge is 0.197 e. The summed E-state index contributed by atoms with van der Waals surface area (Å²) in [5.41, 5.74) is 2.35. The first-order chi connectivity index (χ1) is 8.75. The number of nitrogens with zero attached hydrogens (tertiary/aromatic N) is 4. The van der Waals surface area contributed by atoms with Crippen LogP contribution in [0, 0.1) is 10.5 Å². The van der Waals surface area contributed by atoms with Crippen molar-refractivity contribution in [1.82, 2.24) is 20.2 Å². The highest BCUT2D eigenvalue weighted by atomic mass is 127. The van der Waals surface area contributed by atoms with E-state index in [1.165, 1.54) is 34.8 Å². The van der Waals surface area contributed by atoms with Crippen LogP contribution in [0.5, 0.6) is 0 Å². The topological polar surface area (TPSA) is 43.6 Å². The summed E-state index contributed by atoms with van der Waals surface area (Å²) in [6.45, 7) is 2.11. The van der Waals surface area contributed by atoms with Crippen molar-refractivity contribution < 1.29 is 0 Å². The summed E-state index contributed by atoms with van der Waals surface area (Å²) in [6, 6.07) is 6.36. The third kappa shape index (κ3) is 2.15. The van der Waals surface area contributed by atoms with Crippen molar-refractivity contribution in [2.45, 2.75) is 38.5 Å². The number of rotatable bonds is 2. The molecule has 0 bridgehead atoms. The van der Waals surface area contributed by atoms with Crippen LogP contribution < -0.4 is 0 Å². The Labute approximate surface area is 120 Å². The van der Waals surface area contributed by atoms with Crippen molar-refractivity contribution >= 4 is 22.6 Å². The van der Waals surface area contributed by atoms with Gasteiger partial charge in [-0.3, -0.25) is 0 Å². The normalized spacial score (nSPS) is 16.3. The van der Waals surface area contributed by atoms with Gasteiger partial charge in [0.2, 0.25) is 0 Å². The summed E-state index contributed by atoms with van der Waals surface area (Å²) in [7, 11) is 0. The average molecular weight is 354 g/mol. The zero-order valence-corrected chi connectivity index (χ0v) is 12.5. The molecule has 94 valence electrons. The third-order valence-electron chi connectivity index (χ3n) is 3.61. The minimum atomic E-state index is 0.527. The van der Waals surface area contributed by atoms with E-state index in [2.05, 4.69) is 63.2 Å². The van der Waals surface area contributed by atoms with Gasteiger partial charge in [0, 0.05) is 9.49 Å². The van der Waals surface area contributed by atoms with Crippen LogP contribution in [0.25, 0.3) is 5.69 Å². The Morgan fingerprint density at radius 1 is 1.28 bits per heavy atom. The molecule has 0 spiro atoms. The van der Waals surface area contributed by atoms with Gasteiger partial charge in [-0.25, -0.2) is 0 Å². The van der Waals surface area contributed by atoms with Gasteiger partial charge in [0.15, 0.2) is 5.82 Å². The summed E-state index contributed by atoms with van der Waals surface area (Å²) in [4.78, 5) is 0. The lowest BCUT2D eigenvalue weighted by atomic mass is 10.1. The molecule has 1 aromatic carbocycles. The Morgan fingerprint density at radius 3 is 2.78 bits per heavy atom. The molecule has 1 fully saturated rings. The Bertz CT molecular complexity index is 558. The SMILES string of the molecule is Cc1ccc(-n2nnnc2C2CCCC2)cc1I. The molecule has 3 rings (SSSR count). The fraction of sp³-hybridized carbons (Fsp3) is 0.462. The van der Waals surface area contributed by atoms with E-state index in [4.69, 9.17) is 0 Å². The number of hydrogen-bond acceptors (Lipinski definition) is 3. The monoisotopic (exact) mass is 354 g/mol. The summed E-state index contributed by atoms with van der Waals surface area (Å²) >= 11 is 2.35. The minimum Gasteiger partial charge on any atom is -0.197 e. The predicted molar refractivity (Wildman–Crippen MR) is 77.8 cm³/mol. The molecule has 5 heteroatoms. The lowest BCUT2D eigenvalue weighted by molar-refractivity contribution is 0.636. The summed E-state index contributed by atoms with van der Waals surface area (Å²) in [5.74, 6) is 1.55. The molecule has 0 radical (unpaired) electrons. The molecule has 18 heavy (non-hydrogen) atoms. The summed E-state index contributed by atoms with van der Waals surface area (Å²) in [6.07, 6.45) is 5.01. The van der Waals surface area contributed by atoms with Gasteiger partial charge >= 0.3 is 0 Å². The molecule has 0 amide bonds. The van der Waals surface area contributed by atoms with Crippen LogP contribution in [0.1, 0.15) is 43.0 Å². The molecule has 1 heterocycles. The molecule has 1 aliphatic rings. The van der Waals surface area contributed by atoms with E-state index in [1.54, 1.807) is 0 Å². The van der Waals surface area contributed by atoms with Crippen molar-refractivity contribution in [2.75, 3.05) is 0 Å². The van der Waals surface area contributed by atoms with Gasteiger partial charge in [-0.1, -0.05) is 18.9 Å². The van der Waals surface area contributed by atoms with Crippen molar-refractivity contribution in [3.63, 3.8) is 0 Å². The molecule has 0 saturated heterocycles. The van der Waals surface area contributed by atoms with Gasteiger partial charge < -0.3 is 0 Å². The zero-order chi connectivity index (χ0) is 12.5. The number of halogens is 1. The van der Waals surface area contributed by atoms with Crippen LogP contribution in [0.2, 0.25) is 0 Å². The van der Waals surface area contributed by atoms with Gasteiger partial charge in [0.05, 0.1) is 5.69 Å². The molecule has 1 aromatic heterocycles. The van der Waals surface area contributed by atoms with E-state index in [0.29, 0.717) is 5.92 Å². The highest BCUT2D eigenvalue weighted by Crippen LogP contribution is 2.33. The van der Waals surface area contributed by atoms with Crippen LogP contribution in [0.15, 0.2) is 18.2 Å². The van der Waals surface area contributed by atoms with E-state index in [9.17, 15) is 0 Å². The summed E-state index contributed by atoms with van der Waals surface area (Å²) in [5, 5.41) is 12.2. The van der Waals surface area contributed by atoms with Crippen LogP contribution in [-0.2, 0) is 0 Å². The van der Waals surface area contributed by atoms with Crippen molar-refractivity contribution in [3.05, 3.63) is 33.2 Å². The molecule has 1 saturated carbocycles. The highest BCUT2D eigenvalue weighted by Gasteiger charge is 2.23. The first kappa shape index (κ1) is 12.1. The maximum atomic E-state index is 4.23. The minimum absolute atomic E-state index is 0.527. The number of aryl methyl sites for hydroxylation is 1. The van der Waals surface area contributed by atoms with Gasteiger partial charge in [-0.05, 0) is 70.5 Å². The number of benzene rings is 1. The van der Waals surface area contributed by atoms with E-state index in [1.807, 2.05) is 4.68 Å². The maximum Gasteiger partial charge on any atom is 0.159 e. The number of tetrazole rings is 1. The molecule has 0 N–H and O–H groups in total. The van der Waals surface area contributed by atoms with E-state index in [-0.39, 0.29) is 0 Å². The molecular weight excluding hydrogens is 339 g/mol. The quantitative estimate of drug-likeness (QED) is 0.778. The van der Waals surface area contributed by atoms with Gasteiger partial charge in [0.1, 0.15) is 0 Å². The fourth-order valence-corrected chi connectivity index (χ4v) is 3.03. The first-order valence-corrected chi connectivity index (χ1v) is 7.38. The van der Waals surface area contributed by atoms with Crippen molar-refractivity contribution in [1.29, 1.82) is 0 Å². The summed E-state index contributed by atoms with van der Waals surface area (Å²) < 4.78 is 3.15. The third-order valence-corrected chi connectivity index (χ3v) is 4.78. The van der Waals surface area contributed by atoms with Crippen molar-refractivity contribution in [2.24, 2.45) is 0 Å². The molecule has 2 aromatic rings. The van der Waals surface area contributed by atoms with Crippen molar-refractivity contribution in [3.8, 4) is 5.69 Å². The Balaban J connectivity index is 2.00. The molecule has 0 unspecified atom stereocenters. The number of hydrogen-bond donors (Lipinski definition) is 0. The lowest BCUT2D eigenvalue weighted by Crippen LogP contribution is -2.07. The van der Waals surface area contributed by atoms with E-state index in [0.717, 1.165) is 11.5 Å². The zero-order valence-electron chi connectivity index (χ0n) is 10.3. The second-order valence-corrected chi connectivity index (χ2v) is 6.03. The predicted octanol–water partition coefficient (Wildman–Crippen LogP) is 3.23. The van der Waals surface area contributed by atoms with Crippen LogP contribution in [-0.4, -0.2) is 20.2 Å². The molecule has 1 aliphatic carbocycles. The van der Waals surface area contributed by atoms with Crippen LogP contribution in [0.3, 0.4) is 0 Å². The van der Waals surface area contributed by atoms with E-state index < -0.39 is 0 Å². The Hall–Kier alpha value is -0.980. The van der Waals surface area contributed by atoms with Gasteiger partial charge in [-0.2, -0.15) is 4.68 Å². The molecule has 0 atom stereocenters. The Morgan fingerprint density at radius 2 is 2.06 bits per heavy atom. The number of aromatic nitrogens is 4. The fourth-order valence-electron chi connectivity index (χ4n) is 2.53. The Kier molecular flexibility index (Phi) is 3.32. The van der Waals surface area contributed by atoms with Gasteiger partial charge in [0.25, 0.3) is 0 Å². The average Bonchev–Trinajstić information content (AvgIpc) is 3.00.